The Kier molecular flexibility index (Phi) is 18.8. The van der Waals surface area contributed by atoms with Gasteiger partial charge in [0.2, 0.25) is 0 Å². The molecule has 0 aliphatic carbocycles. The van der Waals surface area contributed by atoms with Crippen molar-refractivity contribution in [2.45, 2.75) is 6.92 Å². The highest BCUT2D eigenvalue weighted by Crippen LogP contribution is 2.26. The molecule has 4 amide bonds. The normalized spacial score (nSPS) is 10.0. The van der Waals surface area contributed by atoms with Gasteiger partial charge in [-0.1, -0.05) is 71.2 Å². The van der Waals surface area contributed by atoms with Gasteiger partial charge < -0.3 is 45.1 Å². The predicted octanol–water partition coefficient (Wildman–Crippen LogP) is 13.5. The maximum atomic E-state index is 12.0. The summed E-state index contributed by atoms with van der Waals surface area (Å²) in [5, 5.41) is 14.3. The number of imidazole rings is 1. The van der Waals surface area contributed by atoms with Gasteiger partial charge in [0.05, 0.1) is 22.0 Å². The predicted molar refractivity (Wildman–Crippen MR) is 273 cm³/mol. The number of H-pyrrole nitrogens is 2. The Hall–Kier alpha value is -8.08. The molecule has 0 spiro atoms. The van der Waals surface area contributed by atoms with Crippen LogP contribution in [0.4, 0.5) is 22.7 Å². The number of thiophene rings is 1. The molecule has 0 aliphatic heterocycles. The van der Waals surface area contributed by atoms with E-state index >= 15 is 0 Å². The van der Waals surface area contributed by atoms with Gasteiger partial charge in [0.25, 0.3) is 23.6 Å². The summed E-state index contributed by atoms with van der Waals surface area (Å²) < 4.78 is 16.1. The van der Waals surface area contributed by atoms with Gasteiger partial charge in [0, 0.05) is 52.4 Å². The Morgan fingerprint density at radius 3 is 1.87 bits per heavy atom. The number of carbonyl (C=O) groups is 4. The van der Waals surface area contributed by atoms with Crippen LogP contribution in [-0.2, 0) is 0 Å². The van der Waals surface area contributed by atoms with E-state index in [1.807, 2.05) is 60.0 Å². The molecule has 69 heavy (non-hydrogen) atoms. The van der Waals surface area contributed by atoms with Crippen LogP contribution in [0.25, 0.3) is 0 Å². The Balaban J connectivity index is 0.000000153. The van der Waals surface area contributed by atoms with Gasteiger partial charge in [-0.2, -0.15) is 0 Å². The van der Waals surface area contributed by atoms with Gasteiger partial charge in [-0.3, -0.25) is 19.2 Å². The summed E-state index contributed by atoms with van der Waals surface area (Å²) >= 11 is 18.8. The third-order valence-electron chi connectivity index (χ3n) is 8.94. The number of halogens is 3. The highest BCUT2D eigenvalue weighted by atomic mass is 35.5. The van der Waals surface area contributed by atoms with Crippen molar-refractivity contribution in [3.63, 3.8) is 0 Å². The zero-order valence-corrected chi connectivity index (χ0v) is 39.8. The molecule has 0 fully saturated rings. The lowest BCUT2D eigenvalue weighted by molar-refractivity contribution is 0.0991. The molecule has 6 N–H and O–H groups in total. The zero-order chi connectivity index (χ0) is 49.0. The first-order valence-electron chi connectivity index (χ1n) is 20.6. The highest BCUT2D eigenvalue weighted by molar-refractivity contribution is 7.12. The summed E-state index contributed by atoms with van der Waals surface area (Å²) in [6, 6.07) is 46.3. The summed E-state index contributed by atoms with van der Waals surface area (Å²) in [4.78, 5) is 57.0. The number of rotatable bonds is 11. The molecule has 0 bridgehead atoms. The summed E-state index contributed by atoms with van der Waals surface area (Å²) in [5.41, 5.74) is 3.15. The van der Waals surface area contributed by atoms with Gasteiger partial charge in [-0.25, -0.2) is 4.98 Å². The fourth-order valence-corrected chi connectivity index (χ4v) is 6.78. The second-order valence-electron chi connectivity index (χ2n) is 14.0. The standard InChI is InChI=1S/C18H15NO3.C12H11NO2S.C11H8Cl2N2O.C10H8ClN3O/c1-13-7-12-17(21-13)18(20)19-14-8-10-16(11-9-14)22-15-5-3-2-4-6-15;1-15-10-5-2-4-9(8-10)13-12(14)11-6-3-7-16-11;12-8-4-3-7(6-9(8)13)15-11(16)10-2-1-5-14-10;11-7-2-1-3-8(6-7)14-10(15)9-12-4-5-13-9/h2-12H,1H3,(H,19,20);2-8H,1H3,(H,13,14);1-6,14H,(H,15,16);1-6H,(H,12,13)(H,14,15). The molecule has 9 rings (SSSR count). The second kappa shape index (κ2) is 25.7. The van der Waals surface area contributed by atoms with Crippen LogP contribution in [0, 0.1) is 6.92 Å². The molecule has 14 nitrogen and oxygen atoms in total. The van der Waals surface area contributed by atoms with Crippen molar-refractivity contribution >= 4 is 92.5 Å². The van der Waals surface area contributed by atoms with Crippen molar-refractivity contribution in [1.82, 2.24) is 15.0 Å². The van der Waals surface area contributed by atoms with Crippen LogP contribution in [0.1, 0.15) is 47.1 Å². The number of anilines is 4. The molecule has 0 aliphatic rings. The summed E-state index contributed by atoms with van der Waals surface area (Å²) in [5.74, 6) is 2.60. The van der Waals surface area contributed by atoms with E-state index in [4.69, 9.17) is 48.7 Å². The number of nitrogens with zero attached hydrogens (tertiary/aromatic N) is 1. The lowest BCUT2D eigenvalue weighted by Crippen LogP contribution is -2.13. The minimum atomic E-state index is -0.290. The average molecular weight is 1000 g/mol. The number of aromatic amines is 2. The molecule has 9 aromatic rings. The van der Waals surface area contributed by atoms with E-state index in [1.54, 1.807) is 130 Å². The monoisotopic (exact) mass is 1000 g/mol. The van der Waals surface area contributed by atoms with Crippen LogP contribution in [0.3, 0.4) is 0 Å². The summed E-state index contributed by atoms with van der Waals surface area (Å²) in [6.07, 6.45) is 4.80. The minimum absolute atomic E-state index is 0.0942. The zero-order valence-electron chi connectivity index (χ0n) is 36.7. The number of nitrogens with one attached hydrogen (secondary N) is 6. The average Bonchev–Trinajstić information content (AvgIpc) is 4.22. The van der Waals surface area contributed by atoms with Crippen molar-refractivity contribution in [2.75, 3.05) is 28.4 Å². The van der Waals surface area contributed by atoms with Crippen molar-refractivity contribution in [1.29, 1.82) is 0 Å². The number of para-hydroxylation sites is 1. The van der Waals surface area contributed by atoms with Gasteiger partial charge in [-0.15, -0.1) is 11.3 Å². The van der Waals surface area contributed by atoms with Crippen LogP contribution in [0.2, 0.25) is 15.1 Å². The lowest BCUT2D eigenvalue weighted by atomic mass is 10.3. The van der Waals surface area contributed by atoms with Crippen molar-refractivity contribution in [2.24, 2.45) is 0 Å². The molecule has 0 saturated heterocycles. The molecule has 0 unspecified atom stereocenters. The Labute approximate surface area is 415 Å². The second-order valence-corrected chi connectivity index (χ2v) is 16.2. The Morgan fingerprint density at radius 2 is 1.23 bits per heavy atom. The van der Waals surface area contributed by atoms with Crippen LogP contribution in [0.15, 0.2) is 186 Å². The summed E-state index contributed by atoms with van der Waals surface area (Å²) in [6.45, 7) is 1.80. The number of benzene rings is 5. The number of hydrogen-bond acceptors (Lipinski definition) is 9. The molecular formula is C51H42Cl3N7O7S. The van der Waals surface area contributed by atoms with E-state index in [-0.39, 0.29) is 29.5 Å². The fourth-order valence-electron chi connectivity index (χ4n) is 5.67. The third kappa shape index (κ3) is 16.3. The number of methoxy groups -OCH3 is 1. The van der Waals surface area contributed by atoms with E-state index in [0.29, 0.717) is 60.0 Å². The largest absolute Gasteiger partial charge is 0.497 e. The quantitative estimate of drug-likeness (QED) is 0.0737. The topological polar surface area (TPSA) is 192 Å². The SMILES string of the molecule is COc1cccc(NC(=O)c2cccs2)c1.Cc1ccc(C(=O)Nc2ccc(Oc3ccccc3)cc2)o1.O=C(Nc1ccc(Cl)c(Cl)c1)c1ccc[nH]1.O=C(Nc1cccc(Cl)c1)c1ncc[nH]1. The molecule has 0 atom stereocenters. The molecule has 18 heteroatoms. The highest BCUT2D eigenvalue weighted by Gasteiger charge is 2.12. The van der Waals surface area contributed by atoms with Crippen molar-refractivity contribution in [3.05, 3.63) is 225 Å². The van der Waals surface area contributed by atoms with E-state index in [9.17, 15) is 19.2 Å². The first-order chi connectivity index (χ1) is 33.4. The lowest BCUT2D eigenvalue weighted by Gasteiger charge is -2.07. The number of furan rings is 1. The smallest absolute Gasteiger partial charge is 0.291 e. The molecule has 0 saturated carbocycles. The minimum Gasteiger partial charge on any atom is -0.497 e. The van der Waals surface area contributed by atoms with E-state index in [0.717, 1.165) is 17.2 Å². The van der Waals surface area contributed by atoms with Crippen molar-refractivity contribution < 1.29 is 33.1 Å². The number of aryl methyl sites for hydroxylation is 1. The Bertz CT molecular complexity index is 3040. The molecule has 5 aromatic carbocycles. The maximum Gasteiger partial charge on any atom is 0.291 e. The maximum absolute atomic E-state index is 12.0. The third-order valence-corrected chi connectivity index (χ3v) is 10.8. The first kappa shape index (κ1) is 50.3. The molecule has 350 valence electrons. The number of ether oxygens (including phenoxy) is 2. The number of aromatic nitrogens is 3. The van der Waals surface area contributed by atoms with E-state index < -0.39 is 0 Å². The van der Waals surface area contributed by atoms with Gasteiger partial charge in [0.1, 0.15) is 28.7 Å². The van der Waals surface area contributed by atoms with E-state index in [2.05, 4.69) is 36.2 Å². The van der Waals surface area contributed by atoms with Crippen LogP contribution in [-0.4, -0.2) is 45.7 Å². The van der Waals surface area contributed by atoms with Gasteiger partial charge in [-0.05, 0) is 128 Å². The number of hydrogen-bond donors (Lipinski definition) is 6. The van der Waals surface area contributed by atoms with Gasteiger partial charge >= 0.3 is 0 Å². The fraction of sp³-hybridized carbons (Fsp3) is 0.0392. The Morgan fingerprint density at radius 1 is 0.565 bits per heavy atom. The van der Waals surface area contributed by atoms with E-state index in [1.165, 1.54) is 17.5 Å². The molecular weight excluding hydrogens is 961 g/mol. The van der Waals surface area contributed by atoms with Crippen LogP contribution >= 0.6 is 46.1 Å². The molecule has 4 heterocycles. The molecule has 4 aromatic heterocycles. The number of carbonyl (C=O) groups excluding carboxylic acids is 4. The first-order valence-corrected chi connectivity index (χ1v) is 22.6. The van der Waals surface area contributed by atoms with Gasteiger partial charge in [0.15, 0.2) is 11.6 Å². The van der Waals surface area contributed by atoms with Crippen LogP contribution < -0.4 is 30.7 Å². The molecule has 0 radical (unpaired) electrons. The summed E-state index contributed by atoms with van der Waals surface area (Å²) in [7, 11) is 1.60. The van der Waals surface area contributed by atoms with Crippen LogP contribution in [0.5, 0.6) is 17.2 Å². The number of amides is 4. The van der Waals surface area contributed by atoms with Crippen molar-refractivity contribution in [3.8, 4) is 17.2 Å².